The Hall–Kier alpha value is -2.25. The number of halogens is 1. The fourth-order valence-corrected chi connectivity index (χ4v) is 1.76. The van der Waals surface area contributed by atoms with Gasteiger partial charge in [0, 0.05) is 6.08 Å². The van der Waals surface area contributed by atoms with E-state index in [0.29, 0.717) is 18.8 Å². The third-order valence-corrected chi connectivity index (χ3v) is 2.78. The summed E-state index contributed by atoms with van der Waals surface area (Å²) in [7, 11) is 0. The van der Waals surface area contributed by atoms with Crippen molar-refractivity contribution < 1.29 is 28.6 Å². The number of aliphatic carboxylic acids is 1. The van der Waals surface area contributed by atoms with Crippen molar-refractivity contribution in [2.45, 2.75) is 6.10 Å². The first-order chi connectivity index (χ1) is 10.1. The number of amides is 1. The molecule has 1 aromatic rings. The number of carboxylic acid groups (broad SMARTS) is 1. The second-order valence-electron chi connectivity index (χ2n) is 4.33. The molecule has 1 aliphatic heterocycles. The van der Waals surface area contributed by atoms with E-state index < -0.39 is 23.8 Å². The third-order valence-electron chi connectivity index (χ3n) is 2.78. The van der Waals surface area contributed by atoms with Crippen LogP contribution in [0.15, 0.2) is 24.3 Å². The Bertz CT molecular complexity index is 566. The van der Waals surface area contributed by atoms with E-state index in [4.69, 9.17) is 14.6 Å². The molecule has 0 radical (unpaired) electrons. The van der Waals surface area contributed by atoms with Crippen LogP contribution < -0.4 is 5.32 Å². The molecule has 1 aliphatic rings. The van der Waals surface area contributed by atoms with Gasteiger partial charge in [0.15, 0.2) is 6.10 Å². The number of nitrogens with one attached hydrogen (secondary N) is 1. The molecule has 1 amide bonds. The van der Waals surface area contributed by atoms with E-state index in [2.05, 4.69) is 5.32 Å². The molecule has 0 spiro atoms. The van der Waals surface area contributed by atoms with Gasteiger partial charge in [0.1, 0.15) is 5.82 Å². The molecule has 21 heavy (non-hydrogen) atoms. The molecule has 1 unspecified atom stereocenters. The van der Waals surface area contributed by atoms with Crippen LogP contribution in [0.1, 0.15) is 5.56 Å². The molecule has 0 aromatic heterocycles. The summed E-state index contributed by atoms with van der Waals surface area (Å²) in [5, 5.41) is 10.9. The van der Waals surface area contributed by atoms with Gasteiger partial charge in [0.25, 0.3) is 5.91 Å². The van der Waals surface area contributed by atoms with Crippen LogP contribution in [-0.4, -0.2) is 42.9 Å². The fraction of sp³-hybridized carbons (Fsp3) is 0.286. The smallest absolute Gasteiger partial charge is 0.328 e. The summed E-state index contributed by atoms with van der Waals surface area (Å²) in [6, 6.07) is 3.99. The van der Waals surface area contributed by atoms with Crippen molar-refractivity contribution in [1.82, 2.24) is 0 Å². The highest BCUT2D eigenvalue weighted by Crippen LogP contribution is 2.17. The van der Waals surface area contributed by atoms with Crippen LogP contribution >= 0.6 is 0 Å². The van der Waals surface area contributed by atoms with Crippen LogP contribution in [0.5, 0.6) is 0 Å². The van der Waals surface area contributed by atoms with E-state index >= 15 is 0 Å². The Morgan fingerprint density at radius 1 is 1.38 bits per heavy atom. The number of hydrogen-bond donors (Lipinski definition) is 2. The lowest BCUT2D eigenvalue weighted by Crippen LogP contribution is -2.39. The Morgan fingerprint density at radius 3 is 2.81 bits per heavy atom. The van der Waals surface area contributed by atoms with Gasteiger partial charge in [-0.2, -0.15) is 0 Å². The zero-order valence-corrected chi connectivity index (χ0v) is 11.0. The quantitative estimate of drug-likeness (QED) is 0.817. The molecule has 6 nitrogen and oxygen atoms in total. The lowest BCUT2D eigenvalue weighted by Gasteiger charge is -2.22. The molecule has 0 bridgehead atoms. The first kappa shape index (κ1) is 15.1. The van der Waals surface area contributed by atoms with Gasteiger partial charge in [0.2, 0.25) is 0 Å². The van der Waals surface area contributed by atoms with Gasteiger partial charge in [0.05, 0.1) is 25.5 Å². The van der Waals surface area contributed by atoms with Crippen molar-refractivity contribution in [1.29, 1.82) is 0 Å². The average Bonchev–Trinajstić information content (AvgIpc) is 2.48. The normalized spacial score (nSPS) is 18.6. The monoisotopic (exact) mass is 295 g/mol. The summed E-state index contributed by atoms with van der Waals surface area (Å²) < 4.78 is 24.1. The standard InChI is InChI=1S/C14H14FNO5/c15-10-7-9(2-4-13(17)18)1-3-11(10)16-14(19)12-8-20-5-6-21-12/h1-4,7,12H,5-6,8H2,(H,16,19)(H,17,18). The Balaban J connectivity index is 2.03. The Morgan fingerprint density at radius 2 is 2.19 bits per heavy atom. The summed E-state index contributed by atoms with van der Waals surface area (Å²) in [6.45, 7) is 0.884. The number of carbonyl (C=O) groups is 2. The van der Waals surface area contributed by atoms with Gasteiger partial charge in [-0.25, -0.2) is 9.18 Å². The number of carboxylic acids is 1. The molecule has 2 rings (SSSR count). The number of anilines is 1. The lowest BCUT2D eigenvalue weighted by atomic mass is 10.1. The minimum atomic E-state index is -1.12. The first-order valence-corrected chi connectivity index (χ1v) is 6.27. The van der Waals surface area contributed by atoms with Crippen molar-refractivity contribution in [3.05, 3.63) is 35.7 Å². The number of rotatable bonds is 4. The van der Waals surface area contributed by atoms with E-state index in [-0.39, 0.29) is 12.3 Å². The van der Waals surface area contributed by atoms with Crippen LogP contribution in [0.25, 0.3) is 6.08 Å². The number of hydrogen-bond acceptors (Lipinski definition) is 4. The molecular weight excluding hydrogens is 281 g/mol. The maximum absolute atomic E-state index is 13.8. The lowest BCUT2D eigenvalue weighted by molar-refractivity contribution is -0.142. The summed E-state index contributed by atoms with van der Waals surface area (Å²) in [5.41, 5.74) is 0.381. The largest absolute Gasteiger partial charge is 0.478 e. The number of ether oxygens (including phenoxy) is 2. The van der Waals surface area contributed by atoms with Crippen LogP contribution in [0.3, 0.4) is 0 Å². The third kappa shape index (κ3) is 4.37. The van der Waals surface area contributed by atoms with Crippen molar-refractivity contribution in [3.63, 3.8) is 0 Å². The average molecular weight is 295 g/mol. The SMILES string of the molecule is O=C(O)C=Cc1ccc(NC(=O)C2COCCO2)c(F)c1. The summed E-state index contributed by atoms with van der Waals surface area (Å²) in [6.07, 6.45) is 1.40. The maximum Gasteiger partial charge on any atom is 0.328 e. The highest BCUT2D eigenvalue weighted by molar-refractivity contribution is 5.94. The predicted molar refractivity (Wildman–Crippen MR) is 72.3 cm³/mol. The molecule has 0 saturated carbocycles. The van der Waals surface area contributed by atoms with Crippen LogP contribution in [0.4, 0.5) is 10.1 Å². The van der Waals surface area contributed by atoms with Crippen LogP contribution in [-0.2, 0) is 19.1 Å². The van der Waals surface area contributed by atoms with Crippen molar-refractivity contribution >= 4 is 23.6 Å². The minimum absolute atomic E-state index is 0.00153. The van der Waals surface area contributed by atoms with E-state index in [0.717, 1.165) is 12.1 Å². The molecule has 1 heterocycles. The van der Waals surface area contributed by atoms with Gasteiger partial charge in [-0.1, -0.05) is 6.07 Å². The van der Waals surface area contributed by atoms with Gasteiger partial charge in [-0.3, -0.25) is 4.79 Å². The van der Waals surface area contributed by atoms with Crippen LogP contribution in [0.2, 0.25) is 0 Å². The molecule has 7 heteroatoms. The van der Waals surface area contributed by atoms with E-state index in [1.807, 2.05) is 0 Å². The topological polar surface area (TPSA) is 84.9 Å². The first-order valence-electron chi connectivity index (χ1n) is 6.27. The fourth-order valence-electron chi connectivity index (χ4n) is 1.76. The van der Waals surface area contributed by atoms with Crippen LogP contribution in [0, 0.1) is 5.82 Å². The number of benzene rings is 1. The van der Waals surface area contributed by atoms with Gasteiger partial charge >= 0.3 is 5.97 Å². The van der Waals surface area contributed by atoms with Gasteiger partial charge in [-0.05, 0) is 23.8 Å². The van der Waals surface area contributed by atoms with Gasteiger partial charge < -0.3 is 19.9 Å². The molecule has 1 aromatic carbocycles. The highest BCUT2D eigenvalue weighted by atomic mass is 19.1. The van der Waals surface area contributed by atoms with Gasteiger partial charge in [-0.15, -0.1) is 0 Å². The van der Waals surface area contributed by atoms with Crippen molar-refractivity contribution in [2.75, 3.05) is 25.1 Å². The summed E-state index contributed by atoms with van der Waals surface area (Å²) in [5.74, 6) is -2.27. The van der Waals surface area contributed by atoms with Crippen molar-refractivity contribution in [2.24, 2.45) is 0 Å². The highest BCUT2D eigenvalue weighted by Gasteiger charge is 2.23. The molecule has 1 atom stereocenters. The molecule has 1 fully saturated rings. The zero-order valence-electron chi connectivity index (χ0n) is 11.0. The zero-order chi connectivity index (χ0) is 15.2. The molecule has 0 aliphatic carbocycles. The molecule has 112 valence electrons. The summed E-state index contributed by atoms with van der Waals surface area (Å²) in [4.78, 5) is 22.2. The molecular formula is C14H14FNO5. The Kier molecular flexibility index (Phi) is 5.02. The minimum Gasteiger partial charge on any atom is -0.478 e. The second-order valence-corrected chi connectivity index (χ2v) is 4.33. The van der Waals surface area contributed by atoms with Crippen molar-refractivity contribution in [3.8, 4) is 0 Å². The second kappa shape index (κ2) is 6.96. The van der Waals surface area contributed by atoms with E-state index in [1.54, 1.807) is 0 Å². The predicted octanol–water partition coefficient (Wildman–Crippen LogP) is 1.28. The van der Waals surface area contributed by atoms with E-state index in [9.17, 15) is 14.0 Å². The van der Waals surface area contributed by atoms with E-state index in [1.165, 1.54) is 18.2 Å². The Labute approximate surface area is 120 Å². The molecule has 2 N–H and O–H groups in total. The number of carbonyl (C=O) groups excluding carboxylic acids is 1. The molecule has 1 saturated heterocycles. The summed E-state index contributed by atoms with van der Waals surface area (Å²) >= 11 is 0. The maximum atomic E-state index is 13.8.